The molecule has 150 valence electrons. The van der Waals surface area contributed by atoms with E-state index < -0.39 is 15.9 Å². The van der Waals surface area contributed by atoms with Crippen molar-refractivity contribution >= 4 is 27.2 Å². The van der Waals surface area contributed by atoms with Gasteiger partial charge in [-0.15, -0.1) is 0 Å². The lowest BCUT2D eigenvalue weighted by Crippen LogP contribution is -2.20. The van der Waals surface area contributed by atoms with Crippen molar-refractivity contribution in [3.8, 4) is 5.75 Å². The largest absolute Gasteiger partial charge is 0.491 e. The van der Waals surface area contributed by atoms with Gasteiger partial charge in [0.25, 0.3) is 0 Å². The van der Waals surface area contributed by atoms with E-state index in [1.54, 1.807) is 12.1 Å². The summed E-state index contributed by atoms with van der Waals surface area (Å²) in [4.78, 5) is 12.6. The van der Waals surface area contributed by atoms with Gasteiger partial charge in [0, 0.05) is 5.69 Å². The van der Waals surface area contributed by atoms with E-state index in [9.17, 15) is 13.2 Å². The molecule has 6 nitrogen and oxygen atoms in total. The van der Waals surface area contributed by atoms with Crippen molar-refractivity contribution in [2.45, 2.75) is 38.0 Å². The molecule has 1 aliphatic carbocycles. The van der Waals surface area contributed by atoms with E-state index in [1.807, 2.05) is 32.0 Å². The van der Waals surface area contributed by atoms with Crippen LogP contribution < -0.4 is 15.4 Å². The van der Waals surface area contributed by atoms with Crippen molar-refractivity contribution in [2.24, 2.45) is 5.92 Å². The number of hydrogen-bond acceptors (Lipinski definition) is 4. The summed E-state index contributed by atoms with van der Waals surface area (Å²) in [6.07, 6.45) is 2.80. The van der Waals surface area contributed by atoms with Gasteiger partial charge in [0.15, 0.2) is 9.84 Å². The molecule has 1 saturated carbocycles. The minimum atomic E-state index is -3.40. The fourth-order valence-corrected chi connectivity index (χ4v) is 4.16. The molecule has 0 bridgehead atoms. The average Bonchev–Trinajstić information content (AvgIpc) is 3.45. The number of aryl methyl sites for hydroxylation is 1. The van der Waals surface area contributed by atoms with Crippen LogP contribution in [0, 0.1) is 12.8 Å². The van der Waals surface area contributed by atoms with Crippen LogP contribution in [0.5, 0.6) is 5.75 Å². The number of urea groups is 1. The molecular formula is C21H26N2O4S. The normalized spacial score (nSPS) is 13.8. The highest BCUT2D eigenvalue weighted by Crippen LogP contribution is 2.33. The molecule has 1 aliphatic rings. The Labute approximate surface area is 166 Å². The first-order chi connectivity index (χ1) is 13.4. The van der Waals surface area contributed by atoms with Crippen molar-refractivity contribution in [3.63, 3.8) is 0 Å². The minimum absolute atomic E-state index is 0.0597. The van der Waals surface area contributed by atoms with Crippen LogP contribution in [-0.4, -0.2) is 26.8 Å². The highest BCUT2D eigenvalue weighted by atomic mass is 32.2. The van der Waals surface area contributed by atoms with Crippen molar-refractivity contribution in [3.05, 3.63) is 48.0 Å². The molecule has 28 heavy (non-hydrogen) atoms. The van der Waals surface area contributed by atoms with Crippen molar-refractivity contribution in [1.82, 2.24) is 0 Å². The van der Waals surface area contributed by atoms with Gasteiger partial charge in [-0.25, -0.2) is 13.2 Å². The molecule has 7 heteroatoms. The molecule has 0 atom stereocenters. The predicted molar refractivity (Wildman–Crippen MR) is 111 cm³/mol. The van der Waals surface area contributed by atoms with E-state index in [-0.39, 0.29) is 10.6 Å². The summed E-state index contributed by atoms with van der Waals surface area (Å²) in [5, 5.41) is 5.50. The first-order valence-corrected chi connectivity index (χ1v) is 11.2. The van der Waals surface area contributed by atoms with E-state index in [4.69, 9.17) is 4.74 Å². The van der Waals surface area contributed by atoms with Gasteiger partial charge in [0.2, 0.25) is 0 Å². The second-order valence-corrected chi connectivity index (χ2v) is 9.29. The van der Waals surface area contributed by atoms with Gasteiger partial charge >= 0.3 is 6.03 Å². The van der Waals surface area contributed by atoms with Gasteiger partial charge in [0.1, 0.15) is 5.75 Å². The van der Waals surface area contributed by atoms with Crippen LogP contribution in [0.3, 0.4) is 0 Å². The molecule has 2 aromatic rings. The molecule has 0 radical (unpaired) electrons. The van der Waals surface area contributed by atoms with Crippen LogP contribution in [0.25, 0.3) is 0 Å². The van der Waals surface area contributed by atoms with Crippen LogP contribution in [0.4, 0.5) is 16.2 Å². The lowest BCUT2D eigenvalue weighted by atomic mass is 10.2. The smallest absolute Gasteiger partial charge is 0.323 e. The maximum absolute atomic E-state index is 12.5. The van der Waals surface area contributed by atoms with Crippen LogP contribution in [0.2, 0.25) is 0 Å². The number of hydrogen-bond donors (Lipinski definition) is 2. The second kappa shape index (κ2) is 8.65. The lowest BCUT2D eigenvalue weighted by molar-refractivity contribution is 0.261. The number of nitrogens with one attached hydrogen (secondary N) is 2. The molecule has 0 spiro atoms. The van der Waals surface area contributed by atoms with Crippen LogP contribution >= 0.6 is 0 Å². The number of carbonyl (C=O) groups is 1. The first-order valence-electron chi connectivity index (χ1n) is 9.51. The van der Waals surface area contributed by atoms with Gasteiger partial charge in [-0.1, -0.05) is 19.1 Å². The zero-order valence-electron chi connectivity index (χ0n) is 16.2. The van der Waals surface area contributed by atoms with Gasteiger partial charge < -0.3 is 15.4 Å². The summed E-state index contributed by atoms with van der Waals surface area (Å²) in [6, 6.07) is 11.6. The van der Waals surface area contributed by atoms with Crippen LogP contribution in [0.1, 0.15) is 31.7 Å². The Bertz CT molecular complexity index is 953. The number of sulfone groups is 1. The number of carbonyl (C=O) groups excluding carboxylic acids is 1. The molecule has 1 fully saturated rings. The summed E-state index contributed by atoms with van der Waals surface area (Å²) in [5.41, 5.74) is 2.04. The van der Waals surface area contributed by atoms with E-state index >= 15 is 0 Å². The number of anilines is 2. The Morgan fingerprint density at radius 2 is 1.93 bits per heavy atom. The quantitative estimate of drug-likeness (QED) is 0.675. The summed E-state index contributed by atoms with van der Waals surface area (Å²) >= 11 is 0. The second-order valence-electron chi connectivity index (χ2n) is 7.18. The Morgan fingerprint density at radius 1 is 1.14 bits per heavy atom. The van der Waals surface area contributed by atoms with E-state index in [0.717, 1.165) is 18.4 Å². The molecule has 2 amide bonds. The fourth-order valence-electron chi connectivity index (χ4n) is 2.81. The highest BCUT2D eigenvalue weighted by Gasteiger charge is 2.23. The SMILES string of the molecule is CCCS(=O)(=O)c1ccc(OCC2CC2)c(NC(=O)Nc2cccc(C)c2)c1. The van der Waals surface area contributed by atoms with Crippen molar-refractivity contribution < 1.29 is 17.9 Å². The minimum Gasteiger partial charge on any atom is -0.491 e. The van der Waals surface area contributed by atoms with E-state index in [2.05, 4.69) is 10.6 Å². The molecule has 0 heterocycles. The molecule has 0 unspecified atom stereocenters. The predicted octanol–water partition coefficient (Wildman–Crippen LogP) is 4.61. The molecule has 0 aromatic heterocycles. The Morgan fingerprint density at radius 3 is 2.61 bits per heavy atom. The molecule has 0 saturated heterocycles. The highest BCUT2D eigenvalue weighted by molar-refractivity contribution is 7.91. The van der Waals surface area contributed by atoms with E-state index in [0.29, 0.717) is 36.1 Å². The number of rotatable bonds is 8. The van der Waals surface area contributed by atoms with E-state index in [1.165, 1.54) is 12.1 Å². The summed E-state index contributed by atoms with van der Waals surface area (Å²) in [7, 11) is -3.40. The average molecular weight is 403 g/mol. The zero-order valence-corrected chi connectivity index (χ0v) is 17.0. The number of benzene rings is 2. The molecule has 2 N–H and O–H groups in total. The Balaban J connectivity index is 1.81. The fraction of sp³-hybridized carbons (Fsp3) is 0.381. The van der Waals surface area contributed by atoms with Gasteiger partial charge in [-0.05, 0) is 68.0 Å². The Hall–Kier alpha value is -2.54. The zero-order chi connectivity index (χ0) is 20.1. The van der Waals surface area contributed by atoms with Crippen LogP contribution in [0.15, 0.2) is 47.4 Å². The molecular weight excluding hydrogens is 376 g/mol. The van der Waals surface area contributed by atoms with Crippen LogP contribution in [-0.2, 0) is 9.84 Å². The standard InChI is InChI=1S/C21H26N2O4S/c1-3-11-28(25,26)18-9-10-20(27-14-16-7-8-16)19(13-18)23-21(24)22-17-6-4-5-15(2)12-17/h4-6,9-10,12-13,16H,3,7-8,11,14H2,1-2H3,(H2,22,23,24). The number of ether oxygens (including phenoxy) is 1. The molecule has 3 rings (SSSR count). The summed E-state index contributed by atoms with van der Waals surface area (Å²) < 4.78 is 30.7. The number of amides is 2. The third-order valence-corrected chi connectivity index (χ3v) is 6.40. The maximum Gasteiger partial charge on any atom is 0.323 e. The van der Waals surface area contributed by atoms with Crippen molar-refractivity contribution in [1.29, 1.82) is 0 Å². The lowest BCUT2D eigenvalue weighted by Gasteiger charge is -2.15. The third-order valence-electron chi connectivity index (χ3n) is 4.48. The molecule has 0 aliphatic heterocycles. The van der Waals surface area contributed by atoms with Gasteiger partial charge in [0.05, 0.1) is 22.9 Å². The summed E-state index contributed by atoms with van der Waals surface area (Å²) in [5.74, 6) is 1.07. The summed E-state index contributed by atoms with van der Waals surface area (Å²) in [6.45, 7) is 4.32. The maximum atomic E-state index is 12.5. The monoisotopic (exact) mass is 402 g/mol. The van der Waals surface area contributed by atoms with Gasteiger partial charge in [-0.3, -0.25) is 0 Å². The third kappa shape index (κ3) is 5.48. The van der Waals surface area contributed by atoms with Crippen molar-refractivity contribution in [2.75, 3.05) is 23.0 Å². The first kappa shape index (κ1) is 20.2. The molecule has 2 aromatic carbocycles. The Kier molecular flexibility index (Phi) is 6.24. The topological polar surface area (TPSA) is 84.5 Å². The van der Waals surface area contributed by atoms with Gasteiger partial charge in [-0.2, -0.15) is 0 Å².